The third-order valence-corrected chi connectivity index (χ3v) is 12.8. The summed E-state index contributed by atoms with van der Waals surface area (Å²) in [6.07, 6.45) is 0. The average molecular weight is 761 g/mol. The number of rotatable bonds is 5. The van der Waals surface area contributed by atoms with Gasteiger partial charge in [0.1, 0.15) is 0 Å². The van der Waals surface area contributed by atoms with Crippen LogP contribution in [0.3, 0.4) is 0 Å². The van der Waals surface area contributed by atoms with Crippen LogP contribution in [-0.4, -0.2) is 9.13 Å². The summed E-state index contributed by atoms with van der Waals surface area (Å²) >= 11 is 0. The van der Waals surface area contributed by atoms with E-state index in [4.69, 9.17) is 0 Å². The first-order valence-electron chi connectivity index (χ1n) is 20.8. The van der Waals surface area contributed by atoms with E-state index in [1.54, 1.807) is 0 Å². The lowest BCUT2D eigenvalue weighted by Crippen LogP contribution is -1.94. The van der Waals surface area contributed by atoms with E-state index < -0.39 is 0 Å². The van der Waals surface area contributed by atoms with E-state index in [1.165, 1.54) is 116 Å². The first kappa shape index (κ1) is 33.1. The second kappa shape index (κ2) is 12.8. The minimum Gasteiger partial charge on any atom is -0.309 e. The number of aromatic nitrogens is 2. The summed E-state index contributed by atoms with van der Waals surface area (Å²) in [6, 6.07) is 80.4. The van der Waals surface area contributed by atoms with Gasteiger partial charge in [-0.2, -0.15) is 0 Å². The van der Waals surface area contributed by atoms with Gasteiger partial charge in [0, 0.05) is 32.9 Å². The van der Waals surface area contributed by atoms with Gasteiger partial charge in [0.15, 0.2) is 0 Å². The number of hydrogen-bond acceptors (Lipinski definition) is 0. The van der Waals surface area contributed by atoms with Gasteiger partial charge in [-0.3, -0.25) is 0 Å². The van der Waals surface area contributed by atoms with Gasteiger partial charge in [-0.15, -0.1) is 0 Å². The molecule has 0 saturated carbocycles. The topological polar surface area (TPSA) is 9.86 Å². The van der Waals surface area contributed by atoms with E-state index >= 15 is 0 Å². The van der Waals surface area contributed by atoms with Gasteiger partial charge in [0.25, 0.3) is 0 Å². The van der Waals surface area contributed by atoms with Crippen molar-refractivity contribution in [2.75, 3.05) is 0 Å². The molecule has 0 amide bonds. The highest BCUT2D eigenvalue weighted by Crippen LogP contribution is 2.51. The first-order valence-corrected chi connectivity index (χ1v) is 20.8. The van der Waals surface area contributed by atoms with Crippen LogP contribution in [0.15, 0.2) is 218 Å². The van der Waals surface area contributed by atoms with Crippen LogP contribution in [-0.2, 0) is 0 Å². The molecular formula is C58H36N2. The van der Waals surface area contributed by atoms with Crippen molar-refractivity contribution in [1.29, 1.82) is 0 Å². The quantitative estimate of drug-likeness (QED) is 0.165. The van der Waals surface area contributed by atoms with Crippen LogP contribution in [0.25, 0.3) is 121 Å². The molecule has 1 aliphatic rings. The van der Waals surface area contributed by atoms with Crippen molar-refractivity contribution in [3.05, 3.63) is 218 Å². The Hall–Kier alpha value is -7.94. The Morgan fingerprint density at radius 1 is 0.217 bits per heavy atom. The average Bonchev–Trinajstić information content (AvgIpc) is 3.95. The van der Waals surface area contributed by atoms with Crippen LogP contribution < -0.4 is 0 Å². The molecule has 0 N–H and O–H groups in total. The molecule has 60 heavy (non-hydrogen) atoms. The van der Waals surface area contributed by atoms with Crippen molar-refractivity contribution in [2.45, 2.75) is 0 Å². The number of para-hydroxylation sites is 2. The van der Waals surface area contributed by atoms with Crippen LogP contribution in [0.5, 0.6) is 0 Å². The molecule has 0 saturated heterocycles. The molecule has 0 fully saturated rings. The molecule has 2 heterocycles. The number of hydrogen-bond donors (Lipinski definition) is 0. The SMILES string of the molecule is c1ccc(-c2cccc(-c3cccc(-n4c5ccccc5c5cc(-c6ccc7c(c6)c6c8cccc9c8c(cc6n7-c6ccccc6)-c6ccccc6-9)ccc54)c3)c2)cc1. The monoisotopic (exact) mass is 760 g/mol. The van der Waals surface area contributed by atoms with Crippen LogP contribution in [0.1, 0.15) is 0 Å². The fourth-order valence-corrected chi connectivity index (χ4v) is 10.2. The zero-order valence-corrected chi connectivity index (χ0v) is 32.7. The molecule has 2 heteroatoms. The molecule has 10 aromatic carbocycles. The highest BCUT2D eigenvalue weighted by molar-refractivity contribution is 6.29. The van der Waals surface area contributed by atoms with Gasteiger partial charge in [-0.05, 0) is 133 Å². The van der Waals surface area contributed by atoms with E-state index in [0.29, 0.717) is 0 Å². The lowest BCUT2D eigenvalue weighted by atomic mass is 9.96. The first-order chi connectivity index (χ1) is 29.8. The summed E-state index contributed by atoms with van der Waals surface area (Å²) in [5.74, 6) is 0. The van der Waals surface area contributed by atoms with Crippen molar-refractivity contribution < 1.29 is 0 Å². The Kier molecular flexibility index (Phi) is 7.05. The molecule has 2 aromatic heterocycles. The fourth-order valence-electron chi connectivity index (χ4n) is 10.2. The van der Waals surface area contributed by atoms with Gasteiger partial charge < -0.3 is 9.13 Å². The molecular weight excluding hydrogens is 725 g/mol. The number of benzene rings is 10. The molecule has 0 radical (unpaired) electrons. The predicted octanol–water partition coefficient (Wildman–Crippen LogP) is 15.7. The molecule has 0 unspecified atom stereocenters. The molecule has 12 aromatic rings. The second-order valence-electron chi connectivity index (χ2n) is 16.1. The lowest BCUT2D eigenvalue weighted by Gasteiger charge is -2.12. The van der Waals surface area contributed by atoms with Gasteiger partial charge in [-0.25, -0.2) is 0 Å². The molecule has 2 nitrogen and oxygen atoms in total. The largest absolute Gasteiger partial charge is 0.309 e. The molecule has 278 valence electrons. The van der Waals surface area contributed by atoms with Gasteiger partial charge in [0.2, 0.25) is 0 Å². The third kappa shape index (κ3) is 4.82. The summed E-state index contributed by atoms with van der Waals surface area (Å²) in [4.78, 5) is 0. The van der Waals surface area contributed by atoms with Crippen LogP contribution in [0.4, 0.5) is 0 Å². The summed E-state index contributed by atoms with van der Waals surface area (Å²) in [5, 5.41) is 7.72. The van der Waals surface area contributed by atoms with E-state index in [1.807, 2.05) is 0 Å². The summed E-state index contributed by atoms with van der Waals surface area (Å²) < 4.78 is 4.89. The zero-order chi connectivity index (χ0) is 39.3. The van der Waals surface area contributed by atoms with Crippen molar-refractivity contribution in [3.63, 3.8) is 0 Å². The highest BCUT2D eigenvalue weighted by Gasteiger charge is 2.25. The lowest BCUT2D eigenvalue weighted by molar-refractivity contribution is 1.18. The smallest absolute Gasteiger partial charge is 0.0553 e. The maximum absolute atomic E-state index is 2.46. The normalized spacial score (nSPS) is 12.0. The minimum absolute atomic E-state index is 1.15. The van der Waals surface area contributed by atoms with Crippen LogP contribution in [0, 0.1) is 0 Å². The Morgan fingerprint density at radius 3 is 1.52 bits per heavy atom. The fraction of sp³-hybridized carbons (Fsp3) is 0. The van der Waals surface area contributed by atoms with Gasteiger partial charge in [-0.1, -0.05) is 152 Å². The third-order valence-electron chi connectivity index (χ3n) is 12.8. The number of nitrogens with zero attached hydrogens (tertiary/aromatic N) is 2. The Balaban J connectivity index is 0.990. The Bertz CT molecular complexity index is 3700. The minimum atomic E-state index is 1.15. The summed E-state index contributed by atoms with van der Waals surface area (Å²) in [7, 11) is 0. The molecule has 0 spiro atoms. The van der Waals surface area contributed by atoms with Crippen molar-refractivity contribution in [3.8, 4) is 67.0 Å². The molecule has 0 atom stereocenters. The molecule has 13 rings (SSSR count). The summed E-state index contributed by atoms with van der Waals surface area (Å²) in [5.41, 5.74) is 19.7. The van der Waals surface area contributed by atoms with E-state index in [-0.39, 0.29) is 0 Å². The Morgan fingerprint density at radius 2 is 0.717 bits per heavy atom. The van der Waals surface area contributed by atoms with E-state index in [9.17, 15) is 0 Å². The predicted molar refractivity (Wildman–Crippen MR) is 253 cm³/mol. The Labute approximate surface area is 347 Å². The second-order valence-corrected chi connectivity index (χ2v) is 16.1. The maximum atomic E-state index is 2.46. The van der Waals surface area contributed by atoms with Gasteiger partial charge in [0.05, 0.1) is 22.1 Å². The molecule has 0 bridgehead atoms. The van der Waals surface area contributed by atoms with Crippen LogP contribution >= 0.6 is 0 Å². The van der Waals surface area contributed by atoms with Crippen molar-refractivity contribution in [1.82, 2.24) is 9.13 Å². The zero-order valence-electron chi connectivity index (χ0n) is 32.7. The molecule has 0 aliphatic heterocycles. The van der Waals surface area contributed by atoms with Gasteiger partial charge >= 0.3 is 0 Å². The van der Waals surface area contributed by atoms with Crippen molar-refractivity contribution >= 4 is 54.4 Å². The van der Waals surface area contributed by atoms with Crippen molar-refractivity contribution in [2.24, 2.45) is 0 Å². The van der Waals surface area contributed by atoms with E-state index in [2.05, 4.69) is 228 Å². The number of fused-ring (bicyclic) bond motifs is 10. The standard InChI is InChI=1S/C58H36N2/c1-3-14-37(15-4-1)38-16-11-17-39(32-38)40-18-12-21-44(33-40)60-53-27-10-9-24-47(53)50-34-41(28-30-54(50)60)42-29-31-55-52(35-42)58-49-26-13-25-48-45-22-7-8-23-46(45)51(57(48)49)36-56(58)59(55)43-19-5-2-6-20-43/h1-36H. The summed E-state index contributed by atoms with van der Waals surface area (Å²) in [6.45, 7) is 0. The van der Waals surface area contributed by atoms with Crippen LogP contribution in [0.2, 0.25) is 0 Å². The maximum Gasteiger partial charge on any atom is 0.0553 e. The molecule has 1 aliphatic carbocycles. The van der Waals surface area contributed by atoms with E-state index in [0.717, 1.165) is 5.69 Å². The highest BCUT2D eigenvalue weighted by atomic mass is 15.0.